The molecule has 1 aromatic heterocycles. The summed E-state index contributed by atoms with van der Waals surface area (Å²) in [4.78, 5) is 9.30. The maximum absolute atomic E-state index is 9.89. The number of hydrogen-bond donors (Lipinski definition) is 2. The highest BCUT2D eigenvalue weighted by Gasteiger charge is 2.21. The SMILES string of the molecule is CNC1CCCc2nc(-c3cc(C)c(O)c(C)c3)ncc21. The number of nitrogens with zero attached hydrogens (tertiary/aromatic N) is 2. The average Bonchev–Trinajstić information content (AvgIpc) is 2.50. The van der Waals surface area contributed by atoms with Gasteiger partial charge in [-0.1, -0.05) is 0 Å². The zero-order valence-electron chi connectivity index (χ0n) is 12.8. The molecule has 1 aliphatic rings. The first-order chi connectivity index (χ1) is 10.1. The minimum absolute atomic E-state index is 0.354. The minimum Gasteiger partial charge on any atom is -0.507 e. The maximum Gasteiger partial charge on any atom is 0.159 e. The molecule has 1 atom stereocenters. The average molecular weight is 283 g/mol. The number of rotatable bonds is 2. The van der Waals surface area contributed by atoms with Crippen molar-refractivity contribution in [2.24, 2.45) is 0 Å². The monoisotopic (exact) mass is 283 g/mol. The van der Waals surface area contributed by atoms with Gasteiger partial charge in [-0.3, -0.25) is 0 Å². The van der Waals surface area contributed by atoms with Crippen LogP contribution in [0.1, 0.15) is 41.3 Å². The van der Waals surface area contributed by atoms with Crippen LogP contribution in [-0.2, 0) is 6.42 Å². The first-order valence-corrected chi connectivity index (χ1v) is 7.44. The molecule has 3 rings (SSSR count). The molecule has 4 nitrogen and oxygen atoms in total. The normalized spacial score (nSPS) is 17.6. The van der Waals surface area contributed by atoms with Gasteiger partial charge < -0.3 is 10.4 Å². The second-order valence-electron chi connectivity index (χ2n) is 5.79. The van der Waals surface area contributed by atoms with Crippen LogP contribution in [0.15, 0.2) is 18.3 Å². The van der Waals surface area contributed by atoms with Crippen LogP contribution >= 0.6 is 0 Å². The molecular formula is C17H21N3O. The van der Waals surface area contributed by atoms with Gasteiger partial charge in [0.2, 0.25) is 0 Å². The summed E-state index contributed by atoms with van der Waals surface area (Å²) in [6.07, 6.45) is 5.26. The van der Waals surface area contributed by atoms with Gasteiger partial charge in [0, 0.05) is 29.1 Å². The van der Waals surface area contributed by atoms with E-state index in [1.54, 1.807) is 0 Å². The second kappa shape index (κ2) is 5.45. The molecule has 4 heteroatoms. The van der Waals surface area contributed by atoms with E-state index in [4.69, 9.17) is 4.98 Å². The number of phenols is 1. The van der Waals surface area contributed by atoms with Crippen LogP contribution < -0.4 is 5.32 Å². The number of phenolic OH excluding ortho intramolecular Hbond substituents is 1. The van der Waals surface area contributed by atoms with Gasteiger partial charge in [0.15, 0.2) is 5.82 Å². The van der Waals surface area contributed by atoms with Crippen LogP contribution in [0.2, 0.25) is 0 Å². The number of benzene rings is 1. The third-order valence-electron chi connectivity index (χ3n) is 4.28. The molecule has 2 N–H and O–H groups in total. The molecule has 0 spiro atoms. The van der Waals surface area contributed by atoms with Crippen LogP contribution in [0.3, 0.4) is 0 Å². The number of nitrogens with one attached hydrogen (secondary N) is 1. The Balaban J connectivity index is 2.05. The molecule has 0 saturated heterocycles. The summed E-state index contributed by atoms with van der Waals surface area (Å²) in [6.45, 7) is 3.81. The van der Waals surface area contributed by atoms with Crippen LogP contribution in [0.4, 0.5) is 0 Å². The van der Waals surface area contributed by atoms with Gasteiger partial charge in [0.25, 0.3) is 0 Å². The summed E-state index contributed by atoms with van der Waals surface area (Å²) in [5.74, 6) is 1.10. The van der Waals surface area contributed by atoms with Crippen molar-refractivity contribution in [1.29, 1.82) is 0 Å². The Morgan fingerprint density at radius 1 is 1.24 bits per heavy atom. The number of aryl methyl sites for hydroxylation is 3. The van der Waals surface area contributed by atoms with Gasteiger partial charge in [0.1, 0.15) is 5.75 Å². The molecule has 0 amide bonds. The van der Waals surface area contributed by atoms with Crippen molar-refractivity contribution < 1.29 is 5.11 Å². The van der Waals surface area contributed by atoms with Crippen LogP contribution in [0, 0.1) is 13.8 Å². The van der Waals surface area contributed by atoms with E-state index in [9.17, 15) is 5.11 Å². The molecule has 1 aliphatic carbocycles. The first-order valence-electron chi connectivity index (χ1n) is 7.44. The van der Waals surface area contributed by atoms with Crippen molar-refractivity contribution in [2.75, 3.05) is 7.05 Å². The van der Waals surface area contributed by atoms with Gasteiger partial charge in [-0.25, -0.2) is 9.97 Å². The number of fused-ring (bicyclic) bond motifs is 1. The van der Waals surface area contributed by atoms with E-state index in [0.29, 0.717) is 11.8 Å². The van der Waals surface area contributed by atoms with Crippen molar-refractivity contribution in [3.05, 3.63) is 40.7 Å². The molecule has 0 bridgehead atoms. The van der Waals surface area contributed by atoms with E-state index in [1.807, 2.05) is 39.2 Å². The van der Waals surface area contributed by atoms with E-state index in [0.717, 1.165) is 47.5 Å². The second-order valence-corrected chi connectivity index (χ2v) is 5.79. The van der Waals surface area contributed by atoms with Crippen LogP contribution in [-0.4, -0.2) is 22.1 Å². The predicted octanol–water partition coefficient (Wildman–Crippen LogP) is 3.06. The molecule has 1 unspecified atom stereocenters. The highest BCUT2D eigenvalue weighted by molar-refractivity contribution is 5.61. The Morgan fingerprint density at radius 2 is 1.95 bits per heavy atom. The molecule has 0 aliphatic heterocycles. The predicted molar refractivity (Wildman–Crippen MR) is 83.3 cm³/mol. The van der Waals surface area contributed by atoms with Gasteiger partial charge in [-0.15, -0.1) is 0 Å². The van der Waals surface area contributed by atoms with Crippen LogP contribution in [0.5, 0.6) is 5.75 Å². The minimum atomic E-state index is 0.354. The third-order valence-corrected chi connectivity index (χ3v) is 4.28. The van der Waals surface area contributed by atoms with Gasteiger partial charge in [-0.2, -0.15) is 0 Å². The van der Waals surface area contributed by atoms with Crippen LogP contribution in [0.25, 0.3) is 11.4 Å². The Bertz CT molecular complexity index is 659. The smallest absolute Gasteiger partial charge is 0.159 e. The zero-order valence-corrected chi connectivity index (χ0v) is 12.8. The maximum atomic E-state index is 9.89. The number of aromatic nitrogens is 2. The topological polar surface area (TPSA) is 58.0 Å². The quantitative estimate of drug-likeness (QED) is 0.889. The zero-order chi connectivity index (χ0) is 15.0. The molecule has 0 saturated carbocycles. The summed E-state index contributed by atoms with van der Waals surface area (Å²) in [6, 6.07) is 4.26. The van der Waals surface area contributed by atoms with E-state index >= 15 is 0 Å². The molecule has 2 aromatic rings. The van der Waals surface area contributed by atoms with E-state index in [-0.39, 0.29) is 0 Å². The molecule has 0 fully saturated rings. The van der Waals surface area contributed by atoms with Crippen molar-refractivity contribution in [2.45, 2.75) is 39.2 Å². The number of aromatic hydroxyl groups is 1. The molecule has 1 heterocycles. The summed E-state index contributed by atoms with van der Waals surface area (Å²) in [5.41, 5.74) is 5.06. The van der Waals surface area contributed by atoms with Gasteiger partial charge >= 0.3 is 0 Å². The van der Waals surface area contributed by atoms with E-state index < -0.39 is 0 Å². The van der Waals surface area contributed by atoms with Crippen molar-refractivity contribution in [3.63, 3.8) is 0 Å². The Morgan fingerprint density at radius 3 is 2.62 bits per heavy atom. The first kappa shape index (κ1) is 14.0. The van der Waals surface area contributed by atoms with E-state index in [2.05, 4.69) is 10.3 Å². The van der Waals surface area contributed by atoms with Crippen molar-refractivity contribution in [3.8, 4) is 17.1 Å². The Kier molecular flexibility index (Phi) is 3.64. The molecular weight excluding hydrogens is 262 g/mol. The fourth-order valence-corrected chi connectivity index (χ4v) is 3.07. The lowest BCUT2D eigenvalue weighted by Gasteiger charge is -2.24. The summed E-state index contributed by atoms with van der Waals surface area (Å²) < 4.78 is 0. The van der Waals surface area contributed by atoms with Gasteiger partial charge in [0.05, 0.1) is 0 Å². The Hall–Kier alpha value is -1.94. The molecule has 0 radical (unpaired) electrons. The summed E-state index contributed by atoms with van der Waals surface area (Å²) in [5, 5.41) is 13.2. The highest BCUT2D eigenvalue weighted by atomic mass is 16.3. The fraction of sp³-hybridized carbons (Fsp3) is 0.412. The molecule has 110 valence electrons. The number of hydrogen-bond acceptors (Lipinski definition) is 4. The van der Waals surface area contributed by atoms with Crippen molar-refractivity contribution in [1.82, 2.24) is 15.3 Å². The molecule has 1 aromatic carbocycles. The van der Waals surface area contributed by atoms with Gasteiger partial charge in [-0.05, 0) is 63.4 Å². The summed E-state index contributed by atoms with van der Waals surface area (Å²) >= 11 is 0. The fourth-order valence-electron chi connectivity index (χ4n) is 3.07. The Labute approximate surface area is 125 Å². The lowest BCUT2D eigenvalue weighted by atomic mass is 9.92. The largest absolute Gasteiger partial charge is 0.507 e. The van der Waals surface area contributed by atoms with Crippen molar-refractivity contribution >= 4 is 0 Å². The lowest BCUT2D eigenvalue weighted by molar-refractivity contribution is 0.467. The van der Waals surface area contributed by atoms with E-state index in [1.165, 1.54) is 5.56 Å². The standard InChI is InChI=1S/C17H21N3O/c1-10-7-12(8-11(2)16(10)21)17-19-9-13-14(18-3)5-4-6-15(13)20-17/h7-9,14,18,21H,4-6H2,1-3H3. The summed E-state index contributed by atoms with van der Waals surface area (Å²) in [7, 11) is 1.99. The lowest BCUT2D eigenvalue weighted by Crippen LogP contribution is -2.22. The molecule has 21 heavy (non-hydrogen) atoms. The third kappa shape index (κ3) is 2.51. The highest BCUT2D eigenvalue weighted by Crippen LogP contribution is 2.31.